The Bertz CT molecular complexity index is 819. The SMILES string of the molecule is CC(=O)/C=C(/C)O.Cc1ccnc(-c2nc3ccccc3[n-]2)c1.[Pt]. The molecule has 128 valence electrons. The van der Waals surface area contributed by atoms with Crippen LogP contribution in [0.1, 0.15) is 19.4 Å². The van der Waals surface area contributed by atoms with Gasteiger partial charge in [0.05, 0.1) is 11.5 Å². The van der Waals surface area contributed by atoms with Crippen LogP contribution in [0, 0.1) is 6.92 Å². The summed E-state index contributed by atoms with van der Waals surface area (Å²) in [6, 6.07) is 11.8. The molecule has 5 nitrogen and oxygen atoms in total. The number of aryl methyl sites for hydroxylation is 1. The Balaban J connectivity index is 0.000000312. The molecule has 0 aliphatic rings. The van der Waals surface area contributed by atoms with Crippen molar-refractivity contribution >= 4 is 16.8 Å². The fourth-order valence-corrected chi connectivity index (χ4v) is 1.97. The normalized spacial score (nSPS) is 10.5. The van der Waals surface area contributed by atoms with Gasteiger partial charge in [0.15, 0.2) is 5.78 Å². The standard InChI is InChI=1S/C13H10N3.C5H8O2.Pt/c1-9-6-7-14-12(8-9)13-15-10-4-2-3-5-11(10)16-13;1-4(6)3-5(2)7;/h2-8H,1H3;3,6H,1-2H3;/q-1;;/b;4-3-;. The minimum atomic E-state index is -0.125. The fourth-order valence-electron chi connectivity index (χ4n) is 1.97. The van der Waals surface area contributed by atoms with Gasteiger partial charge in [-0.25, -0.2) is 0 Å². The summed E-state index contributed by atoms with van der Waals surface area (Å²) in [6.07, 6.45) is 2.95. The average molecular weight is 503 g/mol. The minimum absolute atomic E-state index is 0. The Kier molecular flexibility index (Phi) is 7.53. The molecular weight excluding hydrogens is 485 g/mol. The number of ketones is 1. The molecule has 0 saturated heterocycles. The maximum Gasteiger partial charge on any atom is 0.155 e. The van der Waals surface area contributed by atoms with Gasteiger partial charge in [0, 0.05) is 33.3 Å². The van der Waals surface area contributed by atoms with E-state index in [0.717, 1.165) is 16.7 Å². The summed E-state index contributed by atoms with van der Waals surface area (Å²) in [6.45, 7) is 4.88. The van der Waals surface area contributed by atoms with Crippen molar-refractivity contribution in [2.75, 3.05) is 0 Å². The van der Waals surface area contributed by atoms with Gasteiger partial charge in [-0.1, -0.05) is 24.3 Å². The van der Waals surface area contributed by atoms with Crippen molar-refractivity contribution in [3.8, 4) is 11.5 Å². The summed E-state index contributed by atoms with van der Waals surface area (Å²) in [4.78, 5) is 23.2. The zero-order valence-electron chi connectivity index (χ0n) is 13.6. The Hall–Kier alpha value is -2.26. The van der Waals surface area contributed by atoms with Crippen LogP contribution in [0.5, 0.6) is 0 Å². The van der Waals surface area contributed by atoms with Gasteiger partial charge in [-0.2, -0.15) is 0 Å². The summed E-state index contributed by atoms with van der Waals surface area (Å²) >= 11 is 0. The van der Waals surface area contributed by atoms with E-state index >= 15 is 0 Å². The van der Waals surface area contributed by atoms with E-state index in [9.17, 15) is 4.79 Å². The Morgan fingerprint density at radius 2 is 1.92 bits per heavy atom. The monoisotopic (exact) mass is 503 g/mol. The fraction of sp³-hybridized carbons (Fsp3) is 0.167. The third kappa shape index (κ3) is 5.74. The van der Waals surface area contributed by atoms with E-state index in [2.05, 4.69) is 15.0 Å². The second kappa shape index (κ2) is 9.14. The van der Waals surface area contributed by atoms with E-state index in [1.807, 2.05) is 43.3 Å². The van der Waals surface area contributed by atoms with E-state index in [4.69, 9.17) is 5.11 Å². The van der Waals surface area contributed by atoms with Crippen molar-refractivity contribution in [1.29, 1.82) is 0 Å². The van der Waals surface area contributed by atoms with Gasteiger partial charge in [0.2, 0.25) is 0 Å². The number of carbonyl (C=O) groups excluding carboxylic acids is 1. The van der Waals surface area contributed by atoms with Gasteiger partial charge in [0.1, 0.15) is 0 Å². The molecule has 3 rings (SSSR count). The average Bonchev–Trinajstić information content (AvgIpc) is 2.90. The first kappa shape index (κ1) is 19.8. The molecule has 0 atom stereocenters. The van der Waals surface area contributed by atoms with E-state index in [1.165, 1.54) is 25.5 Å². The predicted octanol–water partition coefficient (Wildman–Crippen LogP) is 3.60. The van der Waals surface area contributed by atoms with Crippen molar-refractivity contribution in [3.05, 3.63) is 60.0 Å². The molecule has 1 aromatic carbocycles. The van der Waals surface area contributed by atoms with Gasteiger partial charge in [0.25, 0.3) is 0 Å². The number of aromatic nitrogens is 3. The van der Waals surface area contributed by atoms with Crippen LogP contribution in [0.15, 0.2) is 54.4 Å². The molecule has 1 N–H and O–H groups in total. The number of aliphatic hydroxyl groups is 1. The maximum atomic E-state index is 10.0. The van der Waals surface area contributed by atoms with Crippen LogP contribution in [-0.2, 0) is 25.9 Å². The number of pyridine rings is 1. The number of benzene rings is 1. The molecule has 0 unspecified atom stereocenters. The molecule has 0 aliphatic carbocycles. The van der Waals surface area contributed by atoms with Crippen LogP contribution in [0.4, 0.5) is 0 Å². The van der Waals surface area contributed by atoms with Gasteiger partial charge in [-0.05, 0) is 55.3 Å². The molecule has 0 aliphatic heterocycles. The topological polar surface area (TPSA) is 77.2 Å². The van der Waals surface area contributed by atoms with E-state index in [1.54, 1.807) is 6.20 Å². The van der Waals surface area contributed by atoms with Crippen molar-refractivity contribution in [2.24, 2.45) is 0 Å². The number of hydrogen-bond donors (Lipinski definition) is 1. The quantitative estimate of drug-likeness (QED) is 0.427. The van der Waals surface area contributed by atoms with E-state index < -0.39 is 0 Å². The van der Waals surface area contributed by atoms with Crippen molar-refractivity contribution in [3.63, 3.8) is 0 Å². The maximum absolute atomic E-state index is 10.0. The smallest absolute Gasteiger partial charge is 0.155 e. The summed E-state index contributed by atoms with van der Waals surface area (Å²) in [5.41, 5.74) is 3.83. The molecular formula is C18H18N3O2Pt-. The van der Waals surface area contributed by atoms with Crippen LogP contribution >= 0.6 is 0 Å². The van der Waals surface area contributed by atoms with Crippen molar-refractivity contribution < 1.29 is 31.0 Å². The number of allylic oxidation sites excluding steroid dienone is 2. The third-order valence-corrected chi connectivity index (χ3v) is 2.89. The molecule has 24 heavy (non-hydrogen) atoms. The molecule has 0 spiro atoms. The zero-order valence-corrected chi connectivity index (χ0v) is 15.9. The number of carbonyl (C=O) groups is 1. The van der Waals surface area contributed by atoms with Crippen LogP contribution in [0.3, 0.4) is 0 Å². The Labute approximate surface area is 155 Å². The first-order valence-corrected chi connectivity index (χ1v) is 7.16. The molecule has 0 amide bonds. The van der Waals surface area contributed by atoms with Crippen LogP contribution in [0.2, 0.25) is 0 Å². The number of para-hydroxylation sites is 2. The number of imidazole rings is 1. The first-order valence-electron chi connectivity index (χ1n) is 7.16. The summed E-state index contributed by atoms with van der Waals surface area (Å²) in [7, 11) is 0. The van der Waals surface area contributed by atoms with Crippen LogP contribution in [-0.4, -0.2) is 20.9 Å². The number of aliphatic hydroxyl groups excluding tert-OH is 1. The molecule has 0 fully saturated rings. The number of hydrogen-bond acceptors (Lipinski definition) is 4. The minimum Gasteiger partial charge on any atom is -0.512 e. The van der Waals surface area contributed by atoms with Crippen molar-refractivity contribution in [2.45, 2.75) is 20.8 Å². The molecule has 0 saturated carbocycles. The zero-order chi connectivity index (χ0) is 16.8. The molecule has 0 radical (unpaired) electrons. The molecule has 3 aromatic rings. The van der Waals surface area contributed by atoms with Crippen LogP contribution in [0.25, 0.3) is 22.6 Å². The number of fused-ring (bicyclic) bond motifs is 1. The predicted molar refractivity (Wildman–Crippen MR) is 90.1 cm³/mol. The Morgan fingerprint density at radius 3 is 2.46 bits per heavy atom. The van der Waals surface area contributed by atoms with E-state index in [0.29, 0.717) is 5.82 Å². The number of rotatable bonds is 2. The first-order chi connectivity index (χ1) is 11.0. The van der Waals surface area contributed by atoms with Gasteiger partial charge >= 0.3 is 0 Å². The summed E-state index contributed by atoms with van der Waals surface area (Å²) in [5, 5.41) is 8.36. The van der Waals surface area contributed by atoms with Gasteiger partial charge in [-0.15, -0.1) is 0 Å². The second-order valence-corrected chi connectivity index (χ2v) is 5.15. The largest absolute Gasteiger partial charge is 0.512 e. The molecule has 6 heteroatoms. The second-order valence-electron chi connectivity index (χ2n) is 5.15. The summed E-state index contributed by atoms with van der Waals surface area (Å²) < 4.78 is 0. The molecule has 2 aromatic heterocycles. The molecule has 0 bridgehead atoms. The van der Waals surface area contributed by atoms with Crippen molar-refractivity contribution in [1.82, 2.24) is 15.0 Å². The van der Waals surface area contributed by atoms with Crippen LogP contribution < -0.4 is 4.98 Å². The van der Waals surface area contributed by atoms with Gasteiger partial charge < -0.3 is 15.1 Å². The Morgan fingerprint density at radius 1 is 1.21 bits per heavy atom. The van der Waals surface area contributed by atoms with Gasteiger partial charge in [-0.3, -0.25) is 9.78 Å². The third-order valence-electron chi connectivity index (χ3n) is 2.89. The van der Waals surface area contributed by atoms with E-state index in [-0.39, 0.29) is 32.6 Å². The molecule has 2 heterocycles. The number of nitrogens with zero attached hydrogens (tertiary/aromatic N) is 3. The summed E-state index contributed by atoms with van der Waals surface area (Å²) in [5.74, 6) is 0.636.